The number of nitrogens with one attached hydrogen (secondary N) is 1. The number of fused-ring (bicyclic) bond motifs is 2. The summed E-state index contributed by atoms with van der Waals surface area (Å²) in [7, 11) is 1.64. The van der Waals surface area contributed by atoms with Gasteiger partial charge in [0.1, 0.15) is 36.6 Å². The lowest BCUT2D eigenvalue weighted by molar-refractivity contribution is -0.223. The second-order valence-electron chi connectivity index (χ2n) is 9.53. The van der Waals surface area contributed by atoms with Crippen molar-refractivity contribution in [3.8, 4) is 0 Å². The third kappa shape index (κ3) is 4.90. The van der Waals surface area contributed by atoms with Gasteiger partial charge in [-0.2, -0.15) is 0 Å². The highest BCUT2D eigenvalue weighted by Gasteiger charge is 2.58. The fraction of sp³-hybridized carbons (Fsp3) is 0.909. The van der Waals surface area contributed by atoms with E-state index in [4.69, 9.17) is 37.9 Å². The molecule has 2 N–H and O–H groups in total. The van der Waals surface area contributed by atoms with Gasteiger partial charge in [0, 0.05) is 26.3 Å². The first-order valence-corrected chi connectivity index (χ1v) is 11.3. The summed E-state index contributed by atoms with van der Waals surface area (Å²) in [6, 6.07) is -0.226. The van der Waals surface area contributed by atoms with Gasteiger partial charge in [-0.1, -0.05) is 6.08 Å². The molecule has 4 aliphatic heterocycles. The van der Waals surface area contributed by atoms with Crippen LogP contribution in [-0.2, 0) is 37.9 Å². The van der Waals surface area contributed by atoms with Crippen LogP contribution in [0.1, 0.15) is 34.1 Å². The number of aliphatic hydroxyl groups is 1. The van der Waals surface area contributed by atoms with Gasteiger partial charge in [-0.25, -0.2) is 0 Å². The Morgan fingerprint density at radius 3 is 2.22 bits per heavy atom. The fourth-order valence-corrected chi connectivity index (χ4v) is 4.98. The van der Waals surface area contributed by atoms with Crippen LogP contribution in [0.2, 0.25) is 0 Å². The van der Waals surface area contributed by atoms with E-state index in [-0.39, 0.29) is 49.3 Å². The average Bonchev–Trinajstić information content (AvgIpc) is 3.38. The van der Waals surface area contributed by atoms with Crippen LogP contribution >= 0.6 is 0 Å². The normalized spacial score (nSPS) is 42.7. The van der Waals surface area contributed by atoms with Crippen LogP contribution < -0.4 is 5.32 Å². The summed E-state index contributed by atoms with van der Waals surface area (Å²) in [5.41, 5.74) is 0. The van der Waals surface area contributed by atoms with Gasteiger partial charge >= 0.3 is 0 Å². The molecule has 4 heterocycles. The molecule has 4 aliphatic rings. The minimum absolute atomic E-state index is 0.0147. The van der Waals surface area contributed by atoms with Crippen molar-refractivity contribution in [2.24, 2.45) is 0 Å². The van der Waals surface area contributed by atoms with Gasteiger partial charge in [-0.05, 0) is 34.1 Å². The van der Waals surface area contributed by atoms with E-state index in [1.165, 1.54) is 0 Å². The zero-order chi connectivity index (χ0) is 23.1. The molecule has 0 aromatic heterocycles. The van der Waals surface area contributed by atoms with Crippen LogP contribution in [0, 0.1) is 0 Å². The number of aliphatic hydroxyl groups excluding tert-OH is 1. The quantitative estimate of drug-likeness (QED) is 0.453. The molecule has 32 heavy (non-hydrogen) atoms. The summed E-state index contributed by atoms with van der Waals surface area (Å²) in [4.78, 5) is 0. The van der Waals surface area contributed by atoms with Gasteiger partial charge in [0.05, 0.1) is 6.61 Å². The molecule has 184 valence electrons. The van der Waals surface area contributed by atoms with Gasteiger partial charge in [0.25, 0.3) is 0 Å². The Balaban J connectivity index is 1.41. The molecule has 10 nitrogen and oxygen atoms in total. The molecule has 0 aromatic carbocycles. The molecule has 0 spiro atoms. The third-order valence-corrected chi connectivity index (χ3v) is 6.21. The van der Waals surface area contributed by atoms with Crippen molar-refractivity contribution in [2.45, 2.75) is 101 Å². The Kier molecular flexibility index (Phi) is 7.29. The largest absolute Gasteiger partial charge is 0.396 e. The summed E-state index contributed by atoms with van der Waals surface area (Å²) in [6.45, 7) is 11.9. The first kappa shape index (κ1) is 24.5. The van der Waals surface area contributed by atoms with Crippen LogP contribution in [0.15, 0.2) is 12.7 Å². The summed E-state index contributed by atoms with van der Waals surface area (Å²) in [5, 5.41) is 13.2. The van der Waals surface area contributed by atoms with Crippen LogP contribution in [-0.4, -0.2) is 98.8 Å². The maximum atomic E-state index is 9.71. The third-order valence-electron chi connectivity index (χ3n) is 6.21. The highest BCUT2D eigenvalue weighted by atomic mass is 16.9. The highest BCUT2D eigenvalue weighted by Crippen LogP contribution is 2.41. The predicted octanol–water partition coefficient (Wildman–Crippen LogP) is 0.666. The van der Waals surface area contributed by atoms with E-state index in [1.807, 2.05) is 27.7 Å². The molecule has 0 aromatic rings. The van der Waals surface area contributed by atoms with E-state index in [9.17, 15) is 5.11 Å². The molecular weight excluding hydrogens is 422 g/mol. The lowest BCUT2D eigenvalue weighted by Crippen LogP contribution is -2.52. The summed E-state index contributed by atoms with van der Waals surface area (Å²) in [5.74, 6) is -1.45. The predicted molar refractivity (Wildman–Crippen MR) is 112 cm³/mol. The number of hydrogen-bond acceptors (Lipinski definition) is 10. The van der Waals surface area contributed by atoms with Crippen molar-refractivity contribution in [1.29, 1.82) is 0 Å². The van der Waals surface area contributed by atoms with Crippen molar-refractivity contribution in [3.63, 3.8) is 0 Å². The first-order valence-electron chi connectivity index (χ1n) is 11.3. The Morgan fingerprint density at radius 1 is 1.00 bits per heavy atom. The summed E-state index contributed by atoms with van der Waals surface area (Å²) in [6.07, 6.45) is -0.864. The number of hydrogen-bond donors (Lipinski definition) is 2. The molecular formula is C22H37NO9. The number of rotatable bonds is 10. The lowest BCUT2D eigenvalue weighted by atomic mass is 10.00. The number of ether oxygens (including phenoxy) is 8. The smallest absolute Gasteiger partial charge is 0.190 e. The number of methoxy groups -OCH3 is 1. The molecule has 4 fully saturated rings. The topological polar surface area (TPSA) is 106 Å². The standard InChI is InChI=1S/C22H37NO9/c1-7-10-26-16-14(28-20-18(16)30-22(4,5)32-20)12(8-9-24)23-11-13-15(25-6)17-19(27-13)31-21(2,3)29-17/h7,12-20,23-24H,1,8-11H2,2-6H3/t12-,13+,14-,15-,16-,17+,18+,19+,20+/m0/s1. The minimum Gasteiger partial charge on any atom is -0.396 e. The van der Waals surface area contributed by atoms with Crippen LogP contribution in [0.4, 0.5) is 0 Å². The molecule has 0 aliphatic carbocycles. The summed E-state index contributed by atoms with van der Waals surface area (Å²) < 4.78 is 47.8. The Bertz CT molecular complexity index is 659. The van der Waals surface area contributed by atoms with E-state index in [1.54, 1.807) is 13.2 Å². The van der Waals surface area contributed by atoms with Crippen molar-refractivity contribution >= 4 is 0 Å². The van der Waals surface area contributed by atoms with Gasteiger partial charge in [0.2, 0.25) is 0 Å². The van der Waals surface area contributed by atoms with Gasteiger partial charge < -0.3 is 48.3 Å². The molecule has 0 bridgehead atoms. The molecule has 4 rings (SSSR count). The fourth-order valence-electron chi connectivity index (χ4n) is 4.98. The van der Waals surface area contributed by atoms with E-state index < -0.39 is 24.2 Å². The van der Waals surface area contributed by atoms with Gasteiger partial charge in [-0.3, -0.25) is 0 Å². The van der Waals surface area contributed by atoms with Crippen LogP contribution in [0.5, 0.6) is 0 Å². The lowest BCUT2D eigenvalue weighted by Gasteiger charge is -2.32. The molecule has 0 amide bonds. The van der Waals surface area contributed by atoms with E-state index in [0.717, 1.165) is 0 Å². The zero-order valence-corrected chi connectivity index (χ0v) is 19.5. The SMILES string of the molecule is C=CCO[C@H]1[C@H]([C@H](CCO)NC[C@H]2O[C@@H]3OC(C)(C)O[C@@H]3[C@H]2OC)O[C@@H]2OC(C)(C)O[C@@H]21. The second-order valence-corrected chi connectivity index (χ2v) is 9.53. The van der Waals surface area contributed by atoms with E-state index >= 15 is 0 Å². The highest BCUT2D eigenvalue weighted by molar-refractivity contribution is 5.01. The molecule has 10 heteroatoms. The Labute approximate surface area is 189 Å². The van der Waals surface area contributed by atoms with Gasteiger partial charge in [0.15, 0.2) is 24.2 Å². The zero-order valence-electron chi connectivity index (χ0n) is 19.5. The molecule has 9 atom stereocenters. The van der Waals surface area contributed by atoms with Crippen LogP contribution in [0.25, 0.3) is 0 Å². The van der Waals surface area contributed by atoms with Crippen molar-refractivity contribution in [1.82, 2.24) is 5.32 Å². The average molecular weight is 460 g/mol. The molecule has 0 radical (unpaired) electrons. The van der Waals surface area contributed by atoms with E-state index in [0.29, 0.717) is 19.6 Å². The van der Waals surface area contributed by atoms with Gasteiger partial charge in [-0.15, -0.1) is 6.58 Å². The monoisotopic (exact) mass is 459 g/mol. The maximum Gasteiger partial charge on any atom is 0.190 e. The summed E-state index contributed by atoms with van der Waals surface area (Å²) >= 11 is 0. The van der Waals surface area contributed by atoms with Crippen LogP contribution in [0.3, 0.4) is 0 Å². The van der Waals surface area contributed by atoms with Crippen molar-refractivity contribution < 1.29 is 43.0 Å². The molecule has 0 saturated carbocycles. The Hall–Kier alpha value is -0.660. The first-order chi connectivity index (χ1) is 15.2. The molecule has 0 unspecified atom stereocenters. The Morgan fingerprint density at radius 2 is 1.62 bits per heavy atom. The van der Waals surface area contributed by atoms with Crippen molar-refractivity contribution in [3.05, 3.63) is 12.7 Å². The molecule has 4 saturated heterocycles. The van der Waals surface area contributed by atoms with E-state index in [2.05, 4.69) is 11.9 Å². The second kappa shape index (κ2) is 9.53. The minimum atomic E-state index is -0.745. The maximum absolute atomic E-state index is 9.71. The van der Waals surface area contributed by atoms with Crippen molar-refractivity contribution in [2.75, 3.05) is 26.9 Å².